The highest BCUT2D eigenvalue weighted by Crippen LogP contribution is 2.53. The first kappa shape index (κ1) is 21.3. The summed E-state index contributed by atoms with van der Waals surface area (Å²) >= 11 is 0. The van der Waals surface area contributed by atoms with E-state index in [1.165, 1.54) is 19.2 Å². The van der Waals surface area contributed by atoms with E-state index in [1.807, 2.05) is 6.08 Å². The molecule has 2 bridgehead atoms. The van der Waals surface area contributed by atoms with Gasteiger partial charge in [-0.3, -0.25) is 9.59 Å². The highest BCUT2D eigenvalue weighted by molar-refractivity contribution is 6.06. The molecule has 2 aromatic carbocycles. The van der Waals surface area contributed by atoms with Gasteiger partial charge in [0.1, 0.15) is 17.1 Å². The summed E-state index contributed by atoms with van der Waals surface area (Å²) in [5.74, 6) is -2.08. The van der Waals surface area contributed by atoms with Gasteiger partial charge in [0.2, 0.25) is 11.8 Å². The number of hydrogen-bond donors (Lipinski definition) is 1. The van der Waals surface area contributed by atoms with Crippen LogP contribution in [0.25, 0.3) is 0 Å². The van der Waals surface area contributed by atoms with Gasteiger partial charge in [-0.15, -0.1) is 13.2 Å². The molecule has 3 heterocycles. The topological polar surface area (TPSA) is 77.1 Å². The number of amides is 2. The third-order valence-corrected chi connectivity index (χ3v) is 6.13. The first-order chi connectivity index (χ1) is 15.7. The Kier molecular flexibility index (Phi) is 4.86. The van der Waals surface area contributed by atoms with E-state index in [-0.39, 0.29) is 18.1 Å². The van der Waals surface area contributed by atoms with Crippen LogP contribution < -0.4 is 19.7 Å². The summed E-state index contributed by atoms with van der Waals surface area (Å²) in [5, 5.41) is 2.68. The summed E-state index contributed by atoms with van der Waals surface area (Å²) in [7, 11) is 1.52. The summed E-state index contributed by atoms with van der Waals surface area (Å²) in [6, 6.07) is 11.9. The monoisotopic (exact) mass is 460 g/mol. The molecule has 2 fully saturated rings. The molecule has 4 atom stereocenters. The van der Waals surface area contributed by atoms with Gasteiger partial charge >= 0.3 is 6.36 Å². The number of rotatable bonds is 5. The van der Waals surface area contributed by atoms with Gasteiger partial charge in [-0.25, -0.2) is 0 Å². The van der Waals surface area contributed by atoms with Crippen molar-refractivity contribution in [2.24, 2.45) is 11.8 Å². The summed E-state index contributed by atoms with van der Waals surface area (Å²) in [6.07, 6.45) is -1.75. The molecule has 33 heavy (non-hydrogen) atoms. The zero-order chi connectivity index (χ0) is 23.4. The number of anilines is 2. The second kappa shape index (κ2) is 7.51. The van der Waals surface area contributed by atoms with Crippen LogP contribution in [0, 0.1) is 11.8 Å². The minimum atomic E-state index is -4.80. The van der Waals surface area contributed by atoms with Gasteiger partial charge in [0, 0.05) is 5.69 Å². The molecule has 1 spiro atoms. The Morgan fingerprint density at radius 3 is 2.61 bits per heavy atom. The molecule has 10 heteroatoms. The molecule has 3 aliphatic rings. The van der Waals surface area contributed by atoms with Crippen LogP contribution in [0.3, 0.4) is 0 Å². The Morgan fingerprint density at radius 1 is 1.18 bits per heavy atom. The van der Waals surface area contributed by atoms with Gasteiger partial charge < -0.3 is 24.4 Å². The van der Waals surface area contributed by atoms with Crippen LogP contribution in [-0.4, -0.2) is 43.5 Å². The van der Waals surface area contributed by atoms with Gasteiger partial charge in [-0.1, -0.05) is 24.3 Å². The number of methoxy groups -OCH3 is 1. The van der Waals surface area contributed by atoms with Crippen molar-refractivity contribution >= 4 is 23.2 Å². The summed E-state index contributed by atoms with van der Waals surface area (Å²) in [6.45, 7) is 0.247. The van der Waals surface area contributed by atoms with Crippen LogP contribution in [0.15, 0.2) is 60.7 Å². The summed E-state index contributed by atoms with van der Waals surface area (Å²) in [5.41, 5.74) is -0.0503. The Balaban J connectivity index is 1.36. The highest BCUT2D eigenvalue weighted by Gasteiger charge is 2.67. The molecule has 0 saturated carbocycles. The van der Waals surface area contributed by atoms with E-state index in [2.05, 4.69) is 10.1 Å². The third-order valence-electron chi connectivity index (χ3n) is 6.13. The molecule has 7 nitrogen and oxygen atoms in total. The van der Waals surface area contributed by atoms with E-state index < -0.39 is 41.6 Å². The molecule has 2 amide bonds. The average molecular weight is 460 g/mol. The zero-order valence-electron chi connectivity index (χ0n) is 17.3. The molecular formula is C23H19F3N2O5. The van der Waals surface area contributed by atoms with E-state index >= 15 is 0 Å². The van der Waals surface area contributed by atoms with Gasteiger partial charge in [0.25, 0.3) is 0 Å². The number of benzene rings is 2. The van der Waals surface area contributed by atoms with E-state index in [9.17, 15) is 22.8 Å². The lowest BCUT2D eigenvalue weighted by molar-refractivity contribution is -0.274. The Hall–Kier alpha value is -3.53. The summed E-state index contributed by atoms with van der Waals surface area (Å²) in [4.78, 5) is 28.1. The van der Waals surface area contributed by atoms with Crippen molar-refractivity contribution in [1.82, 2.24) is 0 Å². The van der Waals surface area contributed by atoms with Gasteiger partial charge in [0.05, 0.1) is 37.3 Å². The minimum Gasteiger partial charge on any atom is -0.495 e. The number of para-hydroxylation sites is 2. The fourth-order valence-corrected chi connectivity index (χ4v) is 4.82. The second-order valence-corrected chi connectivity index (χ2v) is 8.06. The number of nitrogens with one attached hydrogen (secondary N) is 1. The Labute approximate surface area is 186 Å². The number of alkyl halides is 3. The Morgan fingerprint density at radius 2 is 1.91 bits per heavy atom. The maximum absolute atomic E-state index is 13.4. The van der Waals surface area contributed by atoms with Crippen LogP contribution in [0.5, 0.6) is 11.5 Å². The van der Waals surface area contributed by atoms with Crippen LogP contribution in [0.4, 0.5) is 24.5 Å². The van der Waals surface area contributed by atoms with E-state index in [1.54, 1.807) is 35.2 Å². The zero-order valence-corrected chi connectivity index (χ0v) is 17.3. The molecule has 172 valence electrons. The number of hydrogen-bond acceptors (Lipinski definition) is 5. The predicted molar refractivity (Wildman–Crippen MR) is 111 cm³/mol. The molecule has 1 N–H and O–H groups in total. The largest absolute Gasteiger partial charge is 0.573 e. The molecular weight excluding hydrogens is 441 g/mol. The fourth-order valence-electron chi connectivity index (χ4n) is 4.82. The highest BCUT2D eigenvalue weighted by atomic mass is 19.4. The molecule has 5 rings (SSSR count). The van der Waals surface area contributed by atoms with Crippen LogP contribution in [-0.2, 0) is 14.3 Å². The van der Waals surface area contributed by atoms with Gasteiger partial charge in [0.15, 0.2) is 0 Å². The van der Waals surface area contributed by atoms with Crippen molar-refractivity contribution in [1.29, 1.82) is 0 Å². The summed E-state index contributed by atoms with van der Waals surface area (Å²) < 4.78 is 52.4. The molecule has 0 radical (unpaired) electrons. The number of halogens is 3. The normalized spacial score (nSPS) is 27.6. The quantitative estimate of drug-likeness (QED) is 0.691. The lowest BCUT2D eigenvalue weighted by Crippen LogP contribution is -2.41. The minimum absolute atomic E-state index is 0.247. The van der Waals surface area contributed by atoms with Crippen molar-refractivity contribution in [2.45, 2.75) is 18.1 Å². The smallest absolute Gasteiger partial charge is 0.495 e. The number of nitrogens with zero attached hydrogens (tertiary/aromatic N) is 1. The van der Waals surface area contributed by atoms with Gasteiger partial charge in [-0.2, -0.15) is 0 Å². The number of fused-ring (bicyclic) bond motifs is 1. The molecule has 0 aliphatic carbocycles. The lowest BCUT2D eigenvalue weighted by Gasteiger charge is -2.23. The molecule has 2 saturated heterocycles. The van der Waals surface area contributed by atoms with Crippen LogP contribution >= 0.6 is 0 Å². The first-order valence-corrected chi connectivity index (χ1v) is 10.2. The van der Waals surface area contributed by atoms with Gasteiger partial charge in [-0.05, 0) is 36.4 Å². The number of carbonyl (C=O) groups is 2. The number of carbonyl (C=O) groups excluding carboxylic acids is 2. The maximum Gasteiger partial charge on any atom is 0.573 e. The van der Waals surface area contributed by atoms with Crippen molar-refractivity contribution in [3.05, 3.63) is 60.7 Å². The number of ether oxygens (including phenoxy) is 3. The Bertz CT molecular complexity index is 1130. The molecule has 0 unspecified atom stereocenters. The SMILES string of the molecule is COc1ccccc1N1C[C@]23C=C[C@H](O2)[C@H](C(=O)Nc2ccc(OC(F)(F)F)cc2)[C@@H]3C1=O. The van der Waals surface area contributed by atoms with Crippen molar-refractivity contribution in [3.8, 4) is 11.5 Å². The van der Waals surface area contributed by atoms with Crippen LogP contribution in [0.2, 0.25) is 0 Å². The van der Waals surface area contributed by atoms with Crippen LogP contribution in [0.1, 0.15) is 0 Å². The molecule has 2 aromatic rings. The van der Waals surface area contributed by atoms with Crippen molar-refractivity contribution in [3.63, 3.8) is 0 Å². The first-order valence-electron chi connectivity index (χ1n) is 10.2. The third kappa shape index (κ3) is 3.60. The molecule has 0 aromatic heterocycles. The van der Waals surface area contributed by atoms with E-state index in [4.69, 9.17) is 9.47 Å². The average Bonchev–Trinajstić information content (AvgIpc) is 3.42. The van der Waals surface area contributed by atoms with E-state index in [0.29, 0.717) is 11.4 Å². The standard InChI is InChI=1S/C23H19F3N2O5/c1-31-16-5-3-2-4-15(16)28-12-22-11-10-17(33-22)18(19(22)21(28)30)20(29)27-13-6-8-14(9-7-13)32-23(24,25)26/h2-11,17-19H,12H2,1H3,(H,27,29)/t17-,18-,19+,22-/m0/s1. The van der Waals surface area contributed by atoms with E-state index in [0.717, 1.165) is 12.1 Å². The lowest BCUT2D eigenvalue weighted by atomic mass is 9.77. The molecule has 3 aliphatic heterocycles. The maximum atomic E-state index is 13.4. The van der Waals surface area contributed by atoms with Crippen molar-refractivity contribution < 1.29 is 37.0 Å². The fraction of sp³-hybridized carbons (Fsp3) is 0.304. The predicted octanol–water partition coefficient (Wildman–Crippen LogP) is 3.52. The van der Waals surface area contributed by atoms with Crippen molar-refractivity contribution in [2.75, 3.05) is 23.9 Å². The second-order valence-electron chi connectivity index (χ2n) is 8.06.